The van der Waals surface area contributed by atoms with E-state index in [1.54, 1.807) is 24.3 Å². The van der Waals surface area contributed by atoms with Crippen molar-refractivity contribution < 1.29 is 8.42 Å². The van der Waals surface area contributed by atoms with Gasteiger partial charge in [0.1, 0.15) is 0 Å². The highest BCUT2D eigenvalue weighted by molar-refractivity contribution is 7.90. The standard InChI is InChI=1S/C11H11NO2S2/c12-10-3-1-2-4-11(10)16(13,14)8-9-5-6-15-7-9/h1-7H,8,12H2. The summed E-state index contributed by atoms with van der Waals surface area (Å²) in [6, 6.07) is 8.34. The van der Waals surface area contributed by atoms with Crippen molar-refractivity contribution in [3.8, 4) is 0 Å². The molecular weight excluding hydrogens is 242 g/mol. The highest BCUT2D eigenvalue weighted by Crippen LogP contribution is 2.22. The van der Waals surface area contributed by atoms with Gasteiger partial charge < -0.3 is 5.73 Å². The molecule has 0 atom stereocenters. The fourth-order valence-corrected chi connectivity index (χ4v) is 3.70. The van der Waals surface area contributed by atoms with Gasteiger partial charge in [-0.3, -0.25) is 0 Å². The molecule has 0 unspecified atom stereocenters. The summed E-state index contributed by atoms with van der Waals surface area (Å²) in [5, 5.41) is 3.69. The number of hydrogen-bond donors (Lipinski definition) is 1. The first-order valence-corrected chi connectivity index (χ1v) is 7.27. The third-order valence-corrected chi connectivity index (χ3v) is 4.68. The minimum atomic E-state index is -3.33. The van der Waals surface area contributed by atoms with Crippen molar-refractivity contribution >= 4 is 26.9 Å². The van der Waals surface area contributed by atoms with Crippen LogP contribution in [0.25, 0.3) is 0 Å². The van der Waals surface area contributed by atoms with Crippen LogP contribution in [0.2, 0.25) is 0 Å². The van der Waals surface area contributed by atoms with E-state index in [1.807, 2.05) is 10.8 Å². The zero-order valence-corrected chi connectivity index (χ0v) is 10.1. The second-order valence-electron chi connectivity index (χ2n) is 3.43. The van der Waals surface area contributed by atoms with E-state index >= 15 is 0 Å². The van der Waals surface area contributed by atoms with Crippen molar-refractivity contribution in [3.63, 3.8) is 0 Å². The molecule has 5 heteroatoms. The van der Waals surface area contributed by atoms with Crippen LogP contribution in [0.4, 0.5) is 5.69 Å². The molecule has 2 aromatic rings. The average molecular weight is 253 g/mol. The lowest BCUT2D eigenvalue weighted by molar-refractivity contribution is 0.596. The van der Waals surface area contributed by atoms with E-state index in [1.165, 1.54) is 17.4 Å². The summed E-state index contributed by atoms with van der Waals surface area (Å²) in [6.07, 6.45) is 0. The van der Waals surface area contributed by atoms with Crippen LogP contribution < -0.4 is 5.73 Å². The van der Waals surface area contributed by atoms with Gasteiger partial charge in [-0.25, -0.2) is 8.42 Å². The maximum absolute atomic E-state index is 12.0. The number of anilines is 1. The molecule has 0 aliphatic heterocycles. The third-order valence-electron chi connectivity index (χ3n) is 2.19. The van der Waals surface area contributed by atoms with E-state index in [9.17, 15) is 8.42 Å². The van der Waals surface area contributed by atoms with E-state index < -0.39 is 9.84 Å². The molecule has 2 N–H and O–H groups in total. The summed E-state index contributed by atoms with van der Waals surface area (Å²) in [7, 11) is -3.33. The molecule has 84 valence electrons. The summed E-state index contributed by atoms with van der Waals surface area (Å²) in [5.41, 5.74) is 6.76. The van der Waals surface area contributed by atoms with Crippen LogP contribution in [0.1, 0.15) is 5.56 Å². The molecule has 0 fully saturated rings. The van der Waals surface area contributed by atoms with Gasteiger partial charge in [0, 0.05) is 0 Å². The minimum absolute atomic E-state index is 0.00468. The molecular formula is C11H11NO2S2. The highest BCUT2D eigenvalue weighted by atomic mass is 32.2. The largest absolute Gasteiger partial charge is 0.398 e. The Bertz CT molecular complexity index is 574. The van der Waals surface area contributed by atoms with Crippen LogP contribution in [0, 0.1) is 0 Å². The summed E-state index contributed by atoms with van der Waals surface area (Å²) >= 11 is 1.48. The zero-order valence-electron chi connectivity index (χ0n) is 8.46. The van der Waals surface area contributed by atoms with Crippen LogP contribution in [-0.4, -0.2) is 8.42 Å². The number of sulfone groups is 1. The second-order valence-corrected chi connectivity index (χ2v) is 6.17. The summed E-state index contributed by atoms with van der Waals surface area (Å²) in [6.45, 7) is 0. The van der Waals surface area contributed by atoms with E-state index in [4.69, 9.17) is 5.73 Å². The van der Waals surface area contributed by atoms with Gasteiger partial charge in [-0.2, -0.15) is 11.3 Å². The lowest BCUT2D eigenvalue weighted by atomic mass is 10.3. The molecule has 0 aliphatic carbocycles. The van der Waals surface area contributed by atoms with E-state index in [-0.39, 0.29) is 10.6 Å². The maximum atomic E-state index is 12.0. The second kappa shape index (κ2) is 4.27. The van der Waals surface area contributed by atoms with Crippen LogP contribution >= 0.6 is 11.3 Å². The van der Waals surface area contributed by atoms with Crippen molar-refractivity contribution in [1.82, 2.24) is 0 Å². The smallest absolute Gasteiger partial charge is 0.184 e. The van der Waals surface area contributed by atoms with Gasteiger partial charge in [0.15, 0.2) is 9.84 Å². The Kier molecular flexibility index (Phi) is 2.98. The molecule has 0 aliphatic rings. The minimum Gasteiger partial charge on any atom is -0.398 e. The van der Waals surface area contributed by atoms with E-state index in [0.29, 0.717) is 5.69 Å². The molecule has 0 radical (unpaired) electrons. The molecule has 2 rings (SSSR count). The van der Waals surface area contributed by atoms with Crippen LogP contribution in [0.5, 0.6) is 0 Å². The van der Waals surface area contributed by atoms with Crippen molar-refractivity contribution in [2.75, 3.05) is 5.73 Å². The number of nitrogens with two attached hydrogens (primary N) is 1. The molecule has 0 saturated heterocycles. The predicted octanol–water partition coefficient (Wildman–Crippen LogP) is 2.30. The SMILES string of the molecule is Nc1ccccc1S(=O)(=O)Cc1ccsc1. The molecule has 1 aromatic carbocycles. The summed E-state index contributed by atoms with van der Waals surface area (Å²) < 4.78 is 24.1. The molecule has 16 heavy (non-hydrogen) atoms. The Hall–Kier alpha value is -1.33. The number of thiophene rings is 1. The lowest BCUT2D eigenvalue weighted by Crippen LogP contribution is -2.07. The molecule has 0 spiro atoms. The molecule has 1 aromatic heterocycles. The predicted molar refractivity (Wildman–Crippen MR) is 66.1 cm³/mol. The Labute approximate surface area is 98.5 Å². The van der Waals surface area contributed by atoms with Gasteiger partial charge in [0.25, 0.3) is 0 Å². The zero-order chi connectivity index (χ0) is 11.6. The van der Waals surface area contributed by atoms with Crippen molar-refractivity contribution in [2.24, 2.45) is 0 Å². The maximum Gasteiger partial charge on any atom is 0.184 e. The number of hydrogen-bond acceptors (Lipinski definition) is 4. The van der Waals surface area contributed by atoms with Crippen molar-refractivity contribution in [1.29, 1.82) is 0 Å². The van der Waals surface area contributed by atoms with Crippen LogP contribution in [-0.2, 0) is 15.6 Å². The third kappa shape index (κ3) is 2.25. The Morgan fingerprint density at radius 3 is 2.56 bits per heavy atom. The first-order chi connectivity index (χ1) is 7.59. The number of para-hydroxylation sites is 1. The molecule has 0 saturated carbocycles. The van der Waals surface area contributed by atoms with E-state index in [2.05, 4.69) is 0 Å². The van der Waals surface area contributed by atoms with E-state index in [0.717, 1.165) is 5.56 Å². The average Bonchev–Trinajstić information content (AvgIpc) is 2.70. The molecule has 0 amide bonds. The van der Waals surface area contributed by atoms with Gasteiger partial charge in [0.05, 0.1) is 16.3 Å². The highest BCUT2D eigenvalue weighted by Gasteiger charge is 2.17. The van der Waals surface area contributed by atoms with Crippen LogP contribution in [0.15, 0.2) is 46.0 Å². The number of rotatable bonds is 3. The van der Waals surface area contributed by atoms with Gasteiger partial charge in [0.2, 0.25) is 0 Å². The van der Waals surface area contributed by atoms with Crippen molar-refractivity contribution in [2.45, 2.75) is 10.6 Å². The lowest BCUT2D eigenvalue weighted by Gasteiger charge is -2.05. The van der Waals surface area contributed by atoms with Gasteiger partial charge in [-0.15, -0.1) is 0 Å². The fourth-order valence-electron chi connectivity index (χ4n) is 1.44. The normalized spacial score (nSPS) is 11.5. The summed E-state index contributed by atoms with van der Waals surface area (Å²) in [4.78, 5) is 0.209. The Morgan fingerprint density at radius 2 is 1.94 bits per heavy atom. The molecule has 1 heterocycles. The number of nitrogen functional groups attached to an aromatic ring is 1. The topological polar surface area (TPSA) is 60.2 Å². The van der Waals surface area contributed by atoms with Crippen LogP contribution in [0.3, 0.4) is 0 Å². The van der Waals surface area contributed by atoms with Crippen molar-refractivity contribution in [3.05, 3.63) is 46.7 Å². The van der Waals surface area contributed by atoms with Gasteiger partial charge in [-0.1, -0.05) is 12.1 Å². The quantitative estimate of drug-likeness (QED) is 0.854. The first kappa shape index (κ1) is 11.2. The fraction of sp³-hybridized carbons (Fsp3) is 0.0909. The van der Waals surface area contributed by atoms with Gasteiger partial charge in [-0.05, 0) is 34.5 Å². The summed E-state index contributed by atoms with van der Waals surface area (Å²) in [5.74, 6) is 0.00468. The monoisotopic (exact) mass is 253 g/mol. The first-order valence-electron chi connectivity index (χ1n) is 4.68. The molecule has 3 nitrogen and oxygen atoms in total. The number of benzene rings is 1. The molecule has 0 bridgehead atoms. The van der Waals surface area contributed by atoms with Gasteiger partial charge >= 0.3 is 0 Å². The Morgan fingerprint density at radius 1 is 1.19 bits per heavy atom. The Balaban J connectivity index is 2.37.